The zero-order chi connectivity index (χ0) is 27.2. The van der Waals surface area contributed by atoms with Crippen LogP contribution < -0.4 is 10.3 Å². The Bertz CT molecular complexity index is 1490. The Kier molecular flexibility index (Phi) is 6.72. The van der Waals surface area contributed by atoms with E-state index in [1.54, 1.807) is 30.3 Å². The summed E-state index contributed by atoms with van der Waals surface area (Å²) in [5, 5.41) is 9.58. The van der Waals surface area contributed by atoms with Gasteiger partial charge in [0.05, 0.1) is 28.7 Å². The molecule has 1 aromatic heterocycles. The lowest BCUT2D eigenvalue weighted by atomic mass is 9.92. The van der Waals surface area contributed by atoms with Gasteiger partial charge in [-0.15, -0.1) is 0 Å². The second-order valence-corrected chi connectivity index (χ2v) is 8.44. The molecule has 4 aromatic rings. The van der Waals surface area contributed by atoms with Crippen LogP contribution in [-0.4, -0.2) is 34.1 Å². The van der Waals surface area contributed by atoms with Crippen molar-refractivity contribution >= 4 is 22.5 Å². The van der Waals surface area contributed by atoms with Gasteiger partial charge in [-0.3, -0.25) is 9.36 Å². The first kappa shape index (κ1) is 26.5. The number of aliphatic hydroxyl groups is 1. The van der Waals surface area contributed by atoms with Crippen molar-refractivity contribution in [3.63, 3.8) is 0 Å². The largest absolute Gasteiger partial charge is 0.495 e. The zero-order valence-corrected chi connectivity index (χ0v) is 19.6. The van der Waals surface area contributed by atoms with Gasteiger partial charge in [0, 0.05) is 12.0 Å². The number of alkyl halides is 6. The number of hydrogen-bond acceptors (Lipinski definition) is 4. The summed E-state index contributed by atoms with van der Waals surface area (Å²) in [6, 6.07) is 14.5. The van der Waals surface area contributed by atoms with E-state index in [9.17, 15) is 36.2 Å². The van der Waals surface area contributed by atoms with E-state index >= 15 is 0 Å². The molecule has 1 N–H and O–H groups in total. The smallest absolute Gasteiger partial charge is 0.430 e. The van der Waals surface area contributed by atoms with Gasteiger partial charge in [-0.1, -0.05) is 54.1 Å². The van der Waals surface area contributed by atoms with Crippen molar-refractivity contribution in [3.8, 4) is 11.4 Å². The third kappa shape index (κ3) is 4.53. The summed E-state index contributed by atoms with van der Waals surface area (Å²) in [7, 11) is 1.34. The first-order valence-corrected chi connectivity index (χ1v) is 11.0. The van der Waals surface area contributed by atoms with E-state index in [1.165, 1.54) is 19.2 Å². The second-order valence-electron chi connectivity index (χ2n) is 8.06. The van der Waals surface area contributed by atoms with E-state index in [0.717, 1.165) is 22.3 Å². The van der Waals surface area contributed by atoms with Crippen LogP contribution in [0.25, 0.3) is 16.6 Å². The monoisotopic (exact) mass is 542 g/mol. The van der Waals surface area contributed by atoms with Crippen molar-refractivity contribution in [1.29, 1.82) is 0 Å². The average molecular weight is 543 g/mol. The van der Waals surface area contributed by atoms with Crippen molar-refractivity contribution in [2.75, 3.05) is 7.11 Å². The molecule has 0 spiro atoms. The zero-order valence-electron chi connectivity index (χ0n) is 18.9. The Labute approximate surface area is 210 Å². The molecule has 0 saturated carbocycles. The number of rotatable bonds is 5. The predicted octanol–water partition coefficient (Wildman–Crippen LogP) is 5.95. The molecular formula is C25H17ClF6N2O3. The molecule has 0 aliphatic heterocycles. The lowest BCUT2D eigenvalue weighted by Gasteiger charge is -2.32. The van der Waals surface area contributed by atoms with E-state index in [0.29, 0.717) is 12.1 Å². The number of hydrogen-bond donors (Lipinski definition) is 1. The highest BCUT2D eigenvalue weighted by Gasteiger charge is 2.71. The maximum Gasteiger partial charge on any atom is 0.430 e. The second kappa shape index (κ2) is 9.38. The highest BCUT2D eigenvalue weighted by atomic mass is 35.5. The van der Waals surface area contributed by atoms with Crippen LogP contribution in [0.4, 0.5) is 26.3 Å². The molecule has 0 unspecified atom stereocenters. The Morgan fingerprint density at radius 1 is 0.919 bits per heavy atom. The number of nitrogens with zero attached hydrogens (tertiary/aromatic N) is 2. The van der Waals surface area contributed by atoms with Gasteiger partial charge in [-0.05, 0) is 29.8 Å². The molecule has 0 atom stereocenters. The highest BCUT2D eigenvalue weighted by molar-refractivity contribution is 6.36. The maximum atomic E-state index is 13.6. The van der Waals surface area contributed by atoms with Crippen molar-refractivity contribution in [2.45, 2.75) is 24.4 Å². The molecule has 4 rings (SSSR count). The molecule has 5 nitrogen and oxygen atoms in total. The lowest BCUT2D eigenvalue weighted by Crippen LogP contribution is -2.53. The summed E-state index contributed by atoms with van der Waals surface area (Å²) in [5.41, 5.74) is -6.40. The van der Waals surface area contributed by atoms with Gasteiger partial charge < -0.3 is 9.84 Å². The quantitative estimate of drug-likeness (QED) is 0.317. The molecular weight excluding hydrogens is 526 g/mol. The number of benzene rings is 3. The number of ether oxygens (including phenoxy) is 1. The van der Waals surface area contributed by atoms with Gasteiger partial charge in [0.1, 0.15) is 11.6 Å². The lowest BCUT2D eigenvalue weighted by molar-refractivity contribution is -0.376. The summed E-state index contributed by atoms with van der Waals surface area (Å²) < 4.78 is 86.0. The topological polar surface area (TPSA) is 64.3 Å². The maximum absolute atomic E-state index is 13.6. The first-order chi connectivity index (χ1) is 17.3. The predicted molar refractivity (Wildman–Crippen MR) is 124 cm³/mol. The third-order valence-electron chi connectivity index (χ3n) is 5.80. The molecule has 1 heterocycles. The van der Waals surface area contributed by atoms with Gasteiger partial charge in [-0.2, -0.15) is 26.3 Å². The SMILES string of the molecule is COc1ccc2nc(Cc3ccccc3)n(-c3ccc(C(O)(C(F)(F)F)C(F)(F)F)cc3)c(=O)c2c1Cl. The van der Waals surface area contributed by atoms with E-state index in [4.69, 9.17) is 16.3 Å². The van der Waals surface area contributed by atoms with Crippen LogP contribution in [0.2, 0.25) is 5.02 Å². The molecule has 3 aromatic carbocycles. The summed E-state index contributed by atoms with van der Waals surface area (Å²) in [6.07, 6.45) is -12.0. The minimum Gasteiger partial charge on any atom is -0.495 e. The van der Waals surface area contributed by atoms with Gasteiger partial charge in [0.2, 0.25) is 0 Å². The van der Waals surface area contributed by atoms with Crippen LogP contribution in [0, 0.1) is 0 Å². The Morgan fingerprint density at radius 3 is 2.05 bits per heavy atom. The fourth-order valence-electron chi connectivity index (χ4n) is 3.92. The third-order valence-corrected chi connectivity index (χ3v) is 6.17. The van der Waals surface area contributed by atoms with Crippen molar-refractivity contribution in [2.24, 2.45) is 0 Å². The van der Waals surface area contributed by atoms with E-state index in [2.05, 4.69) is 4.98 Å². The van der Waals surface area contributed by atoms with Crippen LogP contribution in [0.3, 0.4) is 0 Å². The van der Waals surface area contributed by atoms with Crippen LogP contribution in [0.5, 0.6) is 5.75 Å². The van der Waals surface area contributed by atoms with Crippen LogP contribution in [0.15, 0.2) is 71.5 Å². The highest BCUT2D eigenvalue weighted by Crippen LogP contribution is 2.50. The first-order valence-electron chi connectivity index (χ1n) is 10.6. The Balaban J connectivity index is 1.95. The molecule has 0 aliphatic carbocycles. The summed E-state index contributed by atoms with van der Waals surface area (Å²) in [4.78, 5) is 18.1. The van der Waals surface area contributed by atoms with Gasteiger partial charge in [0.15, 0.2) is 0 Å². The van der Waals surface area contributed by atoms with Crippen LogP contribution >= 0.6 is 11.6 Å². The van der Waals surface area contributed by atoms with E-state index < -0.39 is 29.1 Å². The summed E-state index contributed by atoms with van der Waals surface area (Å²) in [5.74, 6) is 0.325. The molecule has 0 aliphatic rings. The normalized spacial score (nSPS) is 12.7. The molecule has 12 heteroatoms. The minimum absolute atomic E-state index is 0.0519. The summed E-state index contributed by atoms with van der Waals surface area (Å²) in [6.45, 7) is 0. The van der Waals surface area contributed by atoms with Crippen molar-refractivity contribution < 1.29 is 36.2 Å². The molecule has 0 fully saturated rings. The molecule has 0 bridgehead atoms. The Hall–Kier alpha value is -3.57. The van der Waals surface area contributed by atoms with Gasteiger partial charge >= 0.3 is 12.4 Å². The van der Waals surface area contributed by atoms with Gasteiger partial charge in [-0.25, -0.2) is 4.98 Å². The van der Waals surface area contributed by atoms with Crippen molar-refractivity contribution in [3.05, 3.63) is 99.1 Å². The minimum atomic E-state index is -6.04. The van der Waals surface area contributed by atoms with E-state index in [1.807, 2.05) is 0 Å². The molecule has 37 heavy (non-hydrogen) atoms. The van der Waals surface area contributed by atoms with Gasteiger partial charge in [0.25, 0.3) is 11.2 Å². The van der Waals surface area contributed by atoms with Crippen LogP contribution in [-0.2, 0) is 12.0 Å². The molecule has 0 radical (unpaired) electrons. The number of halogens is 7. The molecule has 0 saturated heterocycles. The number of aromatic nitrogens is 2. The number of methoxy groups -OCH3 is 1. The number of fused-ring (bicyclic) bond motifs is 1. The molecule has 0 amide bonds. The summed E-state index contributed by atoms with van der Waals surface area (Å²) >= 11 is 6.34. The fourth-order valence-corrected chi connectivity index (χ4v) is 4.24. The fraction of sp³-hybridized carbons (Fsp3) is 0.200. The average Bonchev–Trinajstić information content (AvgIpc) is 2.83. The standard InChI is InChI=1S/C25H17ClF6N2O3/c1-37-18-12-11-17-20(21(18)26)22(35)34(19(33-17)13-14-5-3-2-4-6-14)16-9-7-15(8-10-16)23(36,24(27,28)29)25(30,31)32/h2-12,36H,13H2,1H3. The Morgan fingerprint density at radius 2 is 1.51 bits per heavy atom. The molecule has 194 valence electrons. The van der Waals surface area contributed by atoms with E-state index in [-0.39, 0.29) is 39.6 Å². The van der Waals surface area contributed by atoms with Crippen LogP contribution in [0.1, 0.15) is 17.0 Å². The van der Waals surface area contributed by atoms with Crippen molar-refractivity contribution in [1.82, 2.24) is 9.55 Å².